The minimum atomic E-state index is -0.229. The zero-order valence-corrected chi connectivity index (χ0v) is 20.6. The van der Waals surface area contributed by atoms with E-state index in [-0.39, 0.29) is 17.0 Å². The maximum Gasteiger partial charge on any atom is 0.412 e. The molecule has 1 spiro atoms. The van der Waals surface area contributed by atoms with Crippen molar-refractivity contribution >= 4 is 6.09 Å². The Morgan fingerprint density at radius 2 is 2.00 bits per heavy atom. The van der Waals surface area contributed by atoms with E-state index in [1.165, 1.54) is 31.2 Å². The molecule has 1 aromatic rings. The van der Waals surface area contributed by atoms with Crippen LogP contribution in [-0.2, 0) is 10.2 Å². The molecule has 1 aliphatic heterocycles. The fourth-order valence-corrected chi connectivity index (χ4v) is 9.88. The van der Waals surface area contributed by atoms with Crippen molar-refractivity contribution in [3.63, 3.8) is 0 Å². The first-order chi connectivity index (χ1) is 16.4. The third kappa shape index (κ3) is 2.64. The number of hydrogen-bond acceptors (Lipinski definition) is 5. The van der Waals surface area contributed by atoms with Gasteiger partial charge in [-0.15, -0.1) is 0 Å². The zero-order valence-electron chi connectivity index (χ0n) is 20.6. The number of methoxy groups -OCH3 is 2. The number of rotatable bonds is 5. The minimum absolute atomic E-state index is 0.000474. The first kappa shape index (κ1) is 21.1. The predicted molar refractivity (Wildman–Crippen MR) is 128 cm³/mol. The number of benzene rings is 1. The molecule has 0 aromatic heterocycles. The molecule has 5 bridgehead atoms. The zero-order chi connectivity index (χ0) is 23.3. The maximum absolute atomic E-state index is 13.1. The lowest BCUT2D eigenvalue weighted by Gasteiger charge is -2.81. The van der Waals surface area contributed by atoms with E-state index in [2.05, 4.69) is 35.5 Å². The van der Waals surface area contributed by atoms with Gasteiger partial charge in [0.25, 0.3) is 0 Å². The van der Waals surface area contributed by atoms with Crippen LogP contribution in [0.1, 0.15) is 56.9 Å². The molecule has 6 nitrogen and oxygen atoms in total. The molecule has 9 rings (SSSR count). The van der Waals surface area contributed by atoms with Gasteiger partial charge in [0.05, 0.1) is 14.2 Å². The molecule has 182 valence electrons. The summed E-state index contributed by atoms with van der Waals surface area (Å²) in [6.07, 6.45) is 11.2. The average molecular weight is 465 g/mol. The van der Waals surface area contributed by atoms with Crippen molar-refractivity contribution in [2.45, 2.75) is 68.4 Å². The molecule has 7 atom stereocenters. The summed E-state index contributed by atoms with van der Waals surface area (Å²) in [5, 5.41) is 3.39. The molecule has 1 heterocycles. The van der Waals surface area contributed by atoms with Crippen LogP contribution >= 0.6 is 0 Å². The number of amides is 1. The van der Waals surface area contributed by atoms with Crippen LogP contribution in [0.3, 0.4) is 0 Å². The van der Waals surface area contributed by atoms with Crippen LogP contribution < -0.4 is 14.8 Å². The van der Waals surface area contributed by atoms with Gasteiger partial charge in [-0.05, 0) is 105 Å². The molecule has 1 N–H and O–H groups in total. The van der Waals surface area contributed by atoms with Gasteiger partial charge in [0.2, 0.25) is 0 Å². The average Bonchev–Trinajstić information content (AvgIpc) is 3.14. The normalized spacial score (nSPS) is 43.2. The van der Waals surface area contributed by atoms with Crippen molar-refractivity contribution in [3.8, 4) is 11.5 Å². The van der Waals surface area contributed by atoms with Crippen LogP contribution in [-0.4, -0.2) is 50.4 Å². The fourth-order valence-electron chi connectivity index (χ4n) is 9.88. The topological polar surface area (TPSA) is 60.0 Å². The van der Waals surface area contributed by atoms with Gasteiger partial charge >= 0.3 is 6.09 Å². The van der Waals surface area contributed by atoms with Crippen LogP contribution in [0.25, 0.3) is 0 Å². The standard InChI is InChI=1S/C28H36N2O4/c1-30-9-8-27(19-4-5-21(32-2)22(11-19)33-3)7-6-20(12-23(27)30)34-25(31)29-28-14-17-10-18-15-26(13-17,16-28)24(18)28/h4-6,11,17-18,23-24H,7-10,12-16H2,1-3H3,(H,29,31). The highest BCUT2D eigenvalue weighted by Gasteiger charge is 2.78. The fraction of sp³-hybridized carbons (Fsp3) is 0.679. The van der Waals surface area contributed by atoms with E-state index in [4.69, 9.17) is 14.2 Å². The Morgan fingerprint density at radius 3 is 2.76 bits per heavy atom. The Labute approximate surface area is 202 Å². The van der Waals surface area contributed by atoms with E-state index < -0.39 is 0 Å². The van der Waals surface area contributed by atoms with E-state index in [1.807, 2.05) is 6.07 Å². The summed E-state index contributed by atoms with van der Waals surface area (Å²) >= 11 is 0. The lowest BCUT2D eigenvalue weighted by molar-refractivity contribution is -0.297. The van der Waals surface area contributed by atoms with Crippen molar-refractivity contribution in [2.75, 3.05) is 27.8 Å². The number of carbonyl (C=O) groups is 1. The quantitative estimate of drug-likeness (QED) is 0.689. The van der Waals surface area contributed by atoms with Gasteiger partial charge in [-0.25, -0.2) is 4.79 Å². The number of allylic oxidation sites excluding steroid dienone is 1. The largest absolute Gasteiger partial charge is 0.493 e. The molecule has 34 heavy (non-hydrogen) atoms. The van der Waals surface area contributed by atoms with E-state index in [9.17, 15) is 4.79 Å². The van der Waals surface area contributed by atoms with Gasteiger partial charge in [-0.2, -0.15) is 0 Å². The molecule has 7 fully saturated rings. The van der Waals surface area contributed by atoms with Crippen LogP contribution in [0.15, 0.2) is 30.0 Å². The molecular formula is C28H36N2O4. The number of likely N-dealkylation sites (N-methyl/N-ethyl adjacent to an activating group) is 1. The molecule has 0 radical (unpaired) electrons. The molecule has 1 saturated heterocycles. The monoisotopic (exact) mass is 464 g/mol. The summed E-state index contributed by atoms with van der Waals surface area (Å²) < 4.78 is 17.1. The second-order valence-electron chi connectivity index (χ2n) is 12.2. The number of carbonyl (C=O) groups excluding carboxylic acids is 1. The summed E-state index contributed by atoms with van der Waals surface area (Å²) in [7, 11) is 5.55. The Morgan fingerprint density at radius 1 is 1.15 bits per heavy atom. The molecule has 6 saturated carbocycles. The number of nitrogens with one attached hydrogen (secondary N) is 1. The highest BCUT2D eigenvalue weighted by Crippen LogP contribution is 2.81. The van der Waals surface area contributed by atoms with Crippen LogP contribution in [0, 0.1) is 23.2 Å². The van der Waals surface area contributed by atoms with Crippen LogP contribution in [0.2, 0.25) is 0 Å². The Hall–Kier alpha value is -2.21. The second-order valence-corrected chi connectivity index (χ2v) is 12.2. The van der Waals surface area contributed by atoms with Crippen molar-refractivity contribution in [3.05, 3.63) is 35.6 Å². The maximum atomic E-state index is 13.1. The number of alkyl carbamates (subject to hydrolysis) is 1. The Kier molecular flexibility index (Phi) is 4.30. The predicted octanol–water partition coefficient (Wildman–Crippen LogP) is 4.63. The second kappa shape index (κ2) is 6.93. The first-order valence-electron chi connectivity index (χ1n) is 13.0. The third-order valence-corrected chi connectivity index (χ3v) is 10.7. The van der Waals surface area contributed by atoms with E-state index in [0.29, 0.717) is 11.5 Å². The Balaban J connectivity index is 1.09. The van der Waals surface area contributed by atoms with E-state index in [0.717, 1.165) is 67.2 Å². The van der Waals surface area contributed by atoms with Gasteiger partial charge < -0.3 is 24.4 Å². The lowest BCUT2D eigenvalue weighted by Crippen LogP contribution is -2.82. The number of nitrogens with zero attached hydrogens (tertiary/aromatic N) is 1. The summed E-state index contributed by atoms with van der Waals surface area (Å²) in [4.78, 5) is 15.5. The van der Waals surface area contributed by atoms with Gasteiger partial charge in [0.15, 0.2) is 11.5 Å². The van der Waals surface area contributed by atoms with Crippen molar-refractivity contribution < 1.29 is 19.0 Å². The summed E-state index contributed by atoms with van der Waals surface area (Å²) in [6.45, 7) is 1.03. The summed E-state index contributed by atoms with van der Waals surface area (Å²) in [6, 6.07) is 6.61. The molecule has 1 aromatic carbocycles. The highest BCUT2D eigenvalue weighted by atomic mass is 16.6. The molecule has 8 aliphatic rings. The molecule has 7 aliphatic carbocycles. The number of hydrogen-bond donors (Lipinski definition) is 1. The smallest absolute Gasteiger partial charge is 0.412 e. The van der Waals surface area contributed by atoms with Gasteiger partial charge in [0.1, 0.15) is 5.76 Å². The van der Waals surface area contributed by atoms with Gasteiger partial charge in [0, 0.05) is 23.4 Å². The summed E-state index contributed by atoms with van der Waals surface area (Å²) in [5.74, 6) is 4.74. The minimum Gasteiger partial charge on any atom is -0.493 e. The number of fused-ring (bicyclic) bond motifs is 1. The molecule has 6 heteroatoms. The lowest BCUT2D eigenvalue weighted by atomic mass is 9.25. The van der Waals surface area contributed by atoms with Crippen molar-refractivity contribution in [1.29, 1.82) is 0 Å². The van der Waals surface area contributed by atoms with Gasteiger partial charge in [-0.3, -0.25) is 0 Å². The Bertz CT molecular complexity index is 1080. The van der Waals surface area contributed by atoms with Gasteiger partial charge in [-0.1, -0.05) is 6.07 Å². The highest BCUT2D eigenvalue weighted by molar-refractivity contribution is 5.70. The first-order valence-corrected chi connectivity index (χ1v) is 13.0. The number of ether oxygens (including phenoxy) is 3. The SMILES string of the molecule is COc1ccc(C23CC=C(OC(=O)NC45CC6CC7CC(C6)(C4)C75)CC2N(C)CC3)cc1OC. The van der Waals surface area contributed by atoms with E-state index in [1.54, 1.807) is 14.2 Å². The van der Waals surface area contributed by atoms with Crippen LogP contribution in [0.4, 0.5) is 4.79 Å². The summed E-state index contributed by atoms with van der Waals surface area (Å²) in [5.41, 5.74) is 1.88. The van der Waals surface area contributed by atoms with E-state index >= 15 is 0 Å². The molecule has 7 unspecified atom stereocenters. The molecule has 1 amide bonds. The number of likely N-dealkylation sites (tertiary alicyclic amines) is 1. The third-order valence-electron chi connectivity index (χ3n) is 10.7. The van der Waals surface area contributed by atoms with Crippen LogP contribution in [0.5, 0.6) is 11.5 Å². The van der Waals surface area contributed by atoms with Crippen molar-refractivity contribution in [2.24, 2.45) is 23.2 Å². The van der Waals surface area contributed by atoms with Crippen molar-refractivity contribution in [1.82, 2.24) is 10.2 Å². The molecular weight excluding hydrogens is 428 g/mol.